The molecule has 3 aromatic carbocycles. The van der Waals surface area contributed by atoms with Crippen LogP contribution in [0.25, 0.3) is 0 Å². The lowest BCUT2D eigenvalue weighted by molar-refractivity contribution is -0.309. The number of amides is 2. The number of hydrogen-bond donors (Lipinski definition) is 1. The van der Waals surface area contributed by atoms with Gasteiger partial charge in [-0.3, -0.25) is 29.0 Å². The van der Waals surface area contributed by atoms with E-state index in [1.165, 1.54) is 13.8 Å². The van der Waals surface area contributed by atoms with Crippen LogP contribution in [-0.4, -0.2) is 171 Å². The summed E-state index contributed by atoms with van der Waals surface area (Å²) in [6.07, 6.45) is -35.9. The molecule has 2 aliphatic rings. The van der Waals surface area contributed by atoms with Gasteiger partial charge in [-0.05, 0) is 66.6 Å². The van der Waals surface area contributed by atoms with E-state index in [4.69, 9.17) is 18.9 Å². The average molecular weight is 1290 g/mol. The molecule has 0 aromatic heterocycles. The Morgan fingerprint density at radius 2 is 0.910 bits per heavy atom. The first-order valence-electron chi connectivity index (χ1n) is 28.6. The van der Waals surface area contributed by atoms with Gasteiger partial charge in [0.15, 0.2) is 0 Å². The van der Waals surface area contributed by atoms with Gasteiger partial charge in [-0.25, -0.2) is 9.59 Å². The zero-order chi connectivity index (χ0) is 66.6. The van der Waals surface area contributed by atoms with Crippen LogP contribution in [0, 0.1) is 25.7 Å². The Labute approximate surface area is 507 Å². The molecule has 5 rings (SSSR count). The van der Waals surface area contributed by atoms with E-state index in [-0.39, 0.29) is 77.0 Å². The van der Waals surface area contributed by atoms with Crippen molar-refractivity contribution in [2.24, 2.45) is 11.8 Å². The van der Waals surface area contributed by atoms with E-state index in [9.17, 15) is 81.5 Å². The van der Waals surface area contributed by atoms with Crippen LogP contribution in [0.5, 0.6) is 0 Å². The van der Waals surface area contributed by atoms with Crippen LogP contribution >= 0.6 is 0 Å². The van der Waals surface area contributed by atoms with E-state index in [1.54, 1.807) is 27.7 Å². The first-order chi connectivity index (χ1) is 41.4. The van der Waals surface area contributed by atoms with Crippen LogP contribution in [0.3, 0.4) is 0 Å². The minimum Gasteiger partial charge on any atom is -0.426 e. The van der Waals surface area contributed by atoms with Crippen LogP contribution in [0.2, 0.25) is 0 Å². The average Bonchev–Trinajstić information content (AvgIpc) is 2.54. The highest BCUT2D eigenvalue weighted by molar-refractivity contribution is 5.74. The summed E-state index contributed by atoms with van der Waals surface area (Å²) >= 11 is 0. The molecule has 89 heavy (non-hydrogen) atoms. The number of esters is 4. The second kappa shape index (κ2) is 33.5. The predicted octanol–water partition coefficient (Wildman–Crippen LogP) is 11.6. The van der Waals surface area contributed by atoms with Crippen LogP contribution in [0.15, 0.2) is 66.7 Å². The first kappa shape index (κ1) is 74.2. The molecule has 498 valence electrons. The van der Waals surface area contributed by atoms with E-state index in [1.807, 2.05) is 90.4 Å². The fourth-order valence-electron chi connectivity index (χ4n) is 8.84. The van der Waals surface area contributed by atoms with Crippen molar-refractivity contribution in [3.05, 3.63) is 94.5 Å². The zero-order valence-electron chi connectivity index (χ0n) is 50.5. The first-order valence-corrected chi connectivity index (χ1v) is 28.6. The minimum atomic E-state index is -5.79. The third kappa shape index (κ3) is 25.6. The van der Waals surface area contributed by atoms with Crippen molar-refractivity contribution in [2.75, 3.05) is 75.7 Å². The van der Waals surface area contributed by atoms with E-state index < -0.39 is 85.6 Å². The Kier molecular flexibility index (Phi) is 28.0. The molecule has 2 fully saturated rings. The second-order valence-corrected chi connectivity index (χ2v) is 21.9. The summed E-state index contributed by atoms with van der Waals surface area (Å²) in [7, 11) is 0. The van der Waals surface area contributed by atoms with E-state index in [0.717, 1.165) is 49.0 Å². The molecule has 0 aliphatic carbocycles. The van der Waals surface area contributed by atoms with Gasteiger partial charge in [-0.15, -0.1) is 0 Å². The molecule has 1 N–H and O–H groups in total. The fourth-order valence-corrected chi connectivity index (χ4v) is 8.84. The second-order valence-electron chi connectivity index (χ2n) is 21.9. The monoisotopic (exact) mass is 1290 g/mol. The highest BCUT2D eigenvalue weighted by Gasteiger charge is 2.61. The summed E-state index contributed by atoms with van der Waals surface area (Å²) in [5.74, 6) is -2.70. The molecule has 2 saturated heterocycles. The molecule has 2 unspecified atom stereocenters. The summed E-state index contributed by atoms with van der Waals surface area (Å²) in [4.78, 5) is 79.8. The Balaban J connectivity index is 0.000000385. The smallest absolute Gasteiger partial charge is 0.426 e. The minimum absolute atomic E-state index is 0.0671. The molecular formula is C59H76F12N6O12. The molecule has 2 atom stereocenters. The van der Waals surface area contributed by atoms with Crippen LogP contribution < -0.4 is 10.2 Å². The third-order valence-corrected chi connectivity index (χ3v) is 13.5. The lowest BCUT2D eigenvalue weighted by Gasteiger charge is -2.36. The number of anilines is 2. The van der Waals surface area contributed by atoms with Gasteiger partial charge in [0.1, 0.15) is 0 Å². The number of piperazine rings is 2. The highest BCUT2D eigenvalue weighted by atomic mass is 19.4. The number of ether oxygens (including phenoxy) is 6. The number of carbonyl (C=O) groups is 6. The van der Waals surface area contributed by atoms with Crippen molar-refractivity contribution in [2.45, 2.75) is 150 Å². The number of rotatable bonds is 24. The fraction of sp³-hybridized carbons (Fsp3) is 0.593. The standard InChI is InChI=1S/C33H41F6N3O6.C26H35F6N3O6/c1-22(2)29(44)47-24(4)46-28(43)11-8-14-42(20-25-9-6-5-7-10-25)27-19-23(3)12-13-26(27)21-40-15-17-41(18-16-40)31(45)48-30(32(34,35)36)33(37,38)39;1-16(2)22(37)40-18(4)39-21(36)6-5-9-33-20-14-17(3)7-8-19(20)15-34-10-12-35(13-11-34)24(38)41-23(25(27,28)29)26(30,31)32/h5-7,9-10,12-13,19,22,24,30H,8,11,14-18,20-21H2,1-4H3;7-8,14,16,18,23,33H,5-6,9-13,15H2,1-4H3. The van der Waals surface area contributed by atoms with Crippen molar-refractivity contribution < 1.29 is 110 Å². The maximum absolute atomic E-state index is 12.9. The zero-order valence-corrected chi connectivity index (χ0v) is 50.5. The normalized spacial score (nSPS) is 15.2. The molecule has 30 heteroatoms. The van der Waals surface area contributed by atoms with Crippen LogP contribution in [0.4, 0.5) is 73.6 Å². The van der Waals surface area contributed by atoms with Crippen molar-refractivity contribution in [1.29, 1.82) is 0 Å². The Bertz CT molecular complexity index is 2740. The molecular weight excluding hydrogens is 1210 g/mol. The third-order valence-electron chi connectivity index (χ3n) is 13.5. The molecule has 2 heterocycles. The highest BCUT2D eigenvalue weighted by Crippen LogP contribution is 2.38. The van der Waals surface area contributed by atoms with Crippen molar-refractivity contribution >= 4 is 47.4 Å². The summed E-state index contributed by atoms with van der Waals surface area (Å²) in [6, 6.07) is 21.2. The van der Waals surface area contributed by atoms with Crippen LogP contribution in [-0.2, 0) is 67.2 Å². The summed E-state index contributed by atoms with van der Waals surface area (Å²) in [5.41, 5.74) is 6.40. The van der Waals surface area contributed by atoms with Crippen molar-refractivity contribution in [1.82, 2.24) is 19.6 Å². The van der Waals surface area contributed by atoms with Gasteiger partial charge in [0.2, 0.25) is 12.6 Å². The number of nitrogens with zero attached hydrogens (tertiary/aromatic N) is 5. The van der Waals surface area contributed by atoms with Gasteiger partial charge in [0.05, 0.1) is 11.8 Å². The van der Waals surface area contributed by atoms with Gasteiger partial charge in [-0.2, -0.15) is 52.7 Å². The van der Waals surface area contributed by atoms with Gasteiger partial charge >= 0.3 is 60.8 Å². The van der Waals surface area contributed by atoms with Gasteiger partial charge in [0.25, 0.3) is 12.2 Å². The van der Waals surface area contributed by atoms with Gasteiger partial charge in [0, 0.05) is 123 Å². The Morgan fingerprint density at radius 1 is 0.506 bits per heavy atom. The molecule has 2 amide bonds. The van der Waals surface area contributed by atoms with E-state index in [0.29, 0.717) is 45.6 Å². The molecule has 18 nitrogen and oxygen atoms in total. The maximum Gasteiger partial charge on any atom is 0.434 e. The SMILES string of the molecule is Cc1ccc(CN2CCN(C(=O)OC(C(F)(F)F)C(F)(F)F)CC2)c(N(CCCC(=O)OC(C)OC(=O)C(C)C)Cc2ccccc2)c1.Cc1ccc(CN2CCN(C(=O)OC(C(F)(F)F)C(F)(F)F)CC2)c(NCCCC(=O)OC(C)OC(=O)C(C)C)c1. The summed E-state index contributed by atoms with van der Waals surface area (Å²) in [6.45, 7) is 15.9. The lowest BCUT2D eigenvalue weighted by atomic mass is 10.1. The summed E-state index contributed by atoms with van der Waals surface area (Å²) < 4.78 is 182. The van der Waals surface area contributed by atoms with Crippen molar-refractivity contribution in [3.8, 4) is 0 Å². The quantitative estimate of drug-likeness (QED) is 0.0293. The Hall–Kier alpha value is -7.24. The maximum atomic E-state index is 12.9. The van der Waals surface area contributed by atoms with E-state index in [2.05, 4.69) is 19.7 Å². The van der Waals surface area contributed by atoms with Gasteiger partial charge in [-0.1, -0.05) is 82.3 Å². The lowest BCUT2D eigenvalue weighted by Crippen LogP contribution is -2.52. The number of carbonyl (C=O) groups excluding carboxylic acids is 6. The topological polar surface area (TPSA) is 186 Å². The van der Waals surface area contributed by atoms with Crippen LogP contribution in [0.1, 0.15) is 95.0 Å². The number of aryl methyl sites for hydroxylation is 2. The van der Waals surface area contributed by atoms with Gasteiger partial charge < -0.3 is 48.4 Å². The molecule has 0 bridgehead atoms. The number of hydrogen-bond acceptors (Lipinski definition) is 16. The van der Waals surface area contributed by atoms with Crippen molar-refractivity contribution in [3.63, 3.8) is 0 Å². The largest absolute Gasteiger partial charge is 0.434 e. The molecule has 3 aromatic rings. The number of benzene rings is 3. The molecule has 0 saturated carbocycles. The Morgan fingerprint density at radius 3 is 1.34 bits per heavy atom. The number of halogens is 12. The van der Waals surface area contributed by atoms with E-state index >= 15 is 0 Å². The number of alkyl halides is 12. The molecule has 0 spiro atoms. The predicted molar refractivity (Wildman–Crippen MR) is 298 cm³/mol. The molecule has 0 radical (unpaired) electrons. The summed E-state index contributed by atoms with van der Waals surface area (Å²) in [5, 5.41) is 3.26. The number of nitrogens with one attached hydrogen (secondary N) is 1. The molecule has 2 aliphatic heterocycles.